The van der Waals surface area contributed by atoms with Gasteiger partial charge in [0.2, 0.25) is 0 Å². The van der Waals surface area contributed by atoms with E-state index in [1.165, 1.54) is 0 Å². The lowest BCUT2D eigenvalue weighted by Crippen LogP contribution is -2.26. The molecule has 0 aliphatic heterocycles. The van der Waals surface area contributed by atoms with Crippen molar-refractivity contribution in [1.82, 2.24) is 0 Å². The number of allylic oxidation sites excluding steroid dienone is 1. The number of rotatable bonds is 7. The van der Waals surface area contributed by atoms with Gasteiger partial charge in [-0.3, -0.25) is 4.79 Å². The van der Waals surface area contributed by atoms with Crippen molar-refractivity contribution in [2.45, 2.75) is 25.7 Å². The van der Waals surface area contributed by atoms with E-state index < -0.39 is 23.8 Å². The van der Waals surface area contributed by atoms with Crippen LogP contribution in [0.4, 0.5) is 0 Å². The van der Waals surface area contributed by atoms with Gasteiger partial charge in [-0.25, -0.2) is 9.59 Å². The van der Waals surface area contributed by atoms with Crippen molar-refractivity contribution in [3.05, 3.63) is 24.3 Å². The SMILES string of the molecule is C=CC(=O)OCCCOC(=O)C1CCCC=C1C(=O)O. The molecule has 1 N–H and O–H groups in total. The van der Waals surface area contributed by atoms with Gasteiger partial charge in [0.25, 0.3) is 0 Å². The second kappa shape index (κ2) is 8.14. The first kappa shape index (κ1) is 15.9. The molecule has 1 unspecified atom stereocenters. The molecule has 6 heteroatoms. The van der Waals surface area contributed by atoms with Crippen LogP contribution >= 0.6 is 0 Å². The predicted octanol–water partition coefficient (Wildman–Crippen LogP) is 1.46. The lowest BCUT2D eigenvalue weighted by atomic mass is 9.88. The van der Waals surface area contributed by atoms with Crippen molar-refractivity contribution >= 4 is 17.9 Å². The molecule has 110 valence electrons. The van der Waals surface area contributed by atoms with Crippen molar-refractivity contribution < 1.29 is 29.0 Å². The third-order valence-electron chi connectivity index (χ3n) is 2.91. The molecule has 1 aliphatic rings. The number of carbonyl (C=O) groups excluding carboxylic acids is 2. The zero-order valence-electron chi connectivity index (χ0n) is 11.2. The maximum absolute atomic E-state index is 11.8. The molecule has 0 saturated carbocycles. The van der Waals surface area contributed by atoms with E-state index in [1.54, 1.807) is 6.08 Å². The molecule has 0 spiro atoms. The molecule has 0 amide bonds. The van der Waals surface area contributed by atoms with Crippen LogP contribution in [-0.4, -0.2) is 36.2 Å². The van der Waals surface area contributed by atoms with Crippen molar-refractivity contribution in [3.8, 4) is 0 Å². The monoisotopic (exact) mass is 282 g/mol. The number of aliphatic carboxylic acids is 1. The minimum absolute atomic E-state index is 0.0899. The van der Waals surface area contributed by atoms with Crippen molar-refractivity contribution in [3.63, 3.8) is 0 Å². The highest BCUT2D eigenvalue weighted by atomic mass is 16.5. The molecule has 0 fully saturated rings. The molecule has 0 aromatic rings. The number of carboxylic acid groups (broad SMARTS) is 1. The Morgan fingerprint density at radius 3 is 2.70 bits per heavy atom. The van der Waals surface area contributed by atoms with Gasteiger partial charge in [0.15, 0.2) is 0 Å². The van der Waals surface area contributed by atoms with Crippen LogP contribution in [0.15, 0.2) is 24.3 Å². The highest BCUT2D eigenvalue weighted by Gasteiger charge is 2.30. The van der Waals surface area contributed by atoms with Crippen molar-refractivity contribution in [1.29, 1.82) is 0 Å². The first-order chi connectivity index (χ1) is 9.56. The molecule has 1 atom stereocenters. The molecule has 1 rings (SSSR count). The maximum Gasteiger partial charge on any atom is 0.332 e. The molecule has 6 nitrogen and oxygen atoms in total. The fourth-order valence-electron chi connectivity index (χ4n) is 1.92. The Balaban J connectivity index is 2.33. The van der Waals surface area contributed by atoms with Gasteiger partial charge in [-0.1, -0.05) is 12.7 Å². The quantitative estimate of drug-likeness (QED) is 0.432. The van der Waals surface area contributed by atoms with E-state index in [4.69, 9.17) is 14.6 Å². The Morgan fingerprint density at radius 1 is 1.35 bits per heavy atom. The highest BCUT2D eigenvalue weighted by molar-refractivity contribution is 5.94. The molecule has 1 aliphatic carbocycles. The standard InChI is InChI=1S/C14H18O6/c1-2-12(15)19-8-5-9-20-14(18)11-7-4-3-6-10(11)13(16)17/h2,6,11H,1,3-5,7-9H2,(H,16,17). The number of hydrogen-bond donors (Lipinski definition) is 1. The van der Waals surface area contributed by atoms with E-state index >= 15 is 0 Å². The summed E-state index contributed by atoms with van der Waals surface area (Å²) in [6, 6.07) is 0. The van der Waals surface area contributed by atoms with E-state index in [0.29, 0.717) is 19.3 Å². The minimum Gasteiger partial charge on any atom is -0.478 e. The largest absolute Gasteiger partial charge is 0.478 e. The van der Waals surface area contributed by atoms with Crippen LogP contribution in [0.25, 0.3) is 0 Å². The van der Waals surface area contributed by atoms with Crippen molar-refractivity contribution in [2.75, 3.05) is 13.2 Å². The molecule has 0 aromatic carbocycles. The number of hydrogen-bond acceptors (Lipinski definition) is 5. The zero-order valence-corrected chi connectivity index (χ0v) is 11.2. The van der Waals surface area contributed by atoms with Gasteiger partial charge in [0.1, 0.15) is 0 Å². The van der Waals surface area contributed by atoms with Crippen LogP contribution in [-0.2, 0) is 23.9 Å². The topological polar surface area (TPSA) is 89.9 Å². The molecule has 0 heterocycles. The maximum atomic E-state index is 11.8. The summed E-state index contributed by atoms with van der Waals surface area (Å²) in [7, 11) is 0. The molecule has 20 heavy (non-hydrogen) atoms. The number of carbonyl (C=O) groups is 3. The molecule has 0 bridgehead atoms. The molecular formula is C14H18O6. The Bertz CT molecular complexity index is 423. The van der Waals surface area contributed by atoms with E-state index in [9.17, 15) is 14.4 Å². The third kappa shape index (κ3) is 4.87. The molecule has 0 saturated heterocycles. The van der Waals surface area contributed by atoms with Gasteiger partial charge in [0.05, 0.1) is 19.1 Å². The predicted molar refractivity (Wildman–Crippen MR) is 69.8 cm³/mol. The summed E-state index contributed by atoms with van der Waals surface area (Å²) < 4.78 is 9.74. The summed E-state index contributed by atoms with van der Waals surface area (Å²) in [5.41, 5.74) is 0.110. The van der Waals surface area contributed by atoms with Crippen LogP contribution < -0.4 is 0 Å². The normalized spacial score (nSPS) is 17.8. The summed E-state index contributed by atoms with van der Waals surface area (Å²) in [5, 5.41) is 9.01. The third-order valence-corrected chi connectivity index (χ3v) is 2.91. The summed E-state index contributed by atoms with van der Waals surface area (Å²) in [5.74, 6) is -2.84. The average molecular weight is 282 g/mol. The van der Waals surface area contributed by atoms with Crippen LogP contribution in [0.2, 0.25) is 0 Å². The van der Waals surface area contributed by atoms with Gasteiger partial charge in [-0.05, 0) is 19.3 Å². The Hall–Kier alpha value is -2.11. The van der Waals surface area contributed by atoms with Crippen LogP contribution in [0.5, 0.6) is 0 Å². The van der Waals surface area contributed by atoms with E-state index in [0.717, 1.165) is 12.5 Å². The molecule has 0 aromatic heterocycles. The summed E-state index contributed by atoms with van der Waals surface area (Å²) in [6.45, 7) is 3.47. The van der Waals surface area contributed by atoms with Crippen LogP contribution in [0.3, 0.4) is 0 Å². The van der Waals surface area contributed by atoms with Gasteiger partial charge in [-0.15, -0.1) is 0 Å². The first-order valence-electron chi connectivity index (χ1n) is 6.45. The molecule has 0 radical (unpaired) electrons. The lowest BCUT2D eigenvalue weighted by Gasteiger charge is -2.20. The second-order valence-electron chi connectivity index (χ2n) is 4.34. The fraction of sp³-hybridized carbons (Fsp3) is 0.500. The molecular weight excluding hydrogens is 264 g/mol. The van der Waals surface area contributed by atoms with E-state index in [1.807, 2.05) is 0 Å². The summed E-state index contributed by atoms with van der Waals surface area (Å²) >= 11 is 0. The summed E-state index contributed by atoms with van der Waals surface area (Å²) in [6.07, 6.45) is 4.92. The van der Waals surface area contributed by atoms with Crippen LogP contribution in [0.1, 0.15) is 25.7 Å². The summed E-state index contributed by atoms with van der Waals surface area (Å²) in [4.78, 5) is 33.6. The van der Waals surface area contributed by atoms with Crippen LogP contribution in [0, 0.1) is 5.92 Å². The van der Waals surface area contributed by atoms with Gasteiger partial charge < -0.3 is 14.6 Å². The smallest absolute Gasteiger partial charge is 0.332 e. The van der Waals surface area contributed by atoms with E-state index in [2.05, 4.69) is 6.58 Å². The van der Waals surface area contributed by atoms with Gasteiger partial charge in [-0.2, -0.15) is 0 Å². The number of ether oxygens (including phenoxy) is 2. The van der Waals surface area contributed by atoms with Gasteiger partial charge in [0, 0.05) is 18.1 Å². The number of esters is 2. The number of carboxylic acids is 1. The lowest BCUT2D eigenvalue weighted by molar-refractivity contribution is -0.150. The van der Waals surface area contributed by atoms with Gasteiger partial charge >= 0.3 is 17.9 Å². The Morgan fingerprint density at radius 2 is 2.05 bits per heavy atom. The average Bonchev–Trinajstić information content (AvgIpc) is 2.46. The van der Waals surface area contributed by atoms with E-state index in [-0.39, 0.29) is 18.8 Å². The van der Waals surface area contributed by atoms with Crippen molar-refractivity contribution in [2.24, 2.45) is 5.92 Å². The highest BCUT2D eigenvalue weighted by Crippen LogP contribution is 2.26. The minimum atomic E-state index is -1.08. The fourth-order valence-corrected chi connectivity index (χ4v) is 1.92. The zero-order chi connectivity index (χ0) is 15.0. The Labute approximate surface area is 117 Å². The first-order valence-corrected chi connectivity index (χ1v) is 6.45. The Kier molecular flexibility index (Phi) is 6.49. The second-order valence-corrected chi connectivity index (χ2v) is 4.34.